The van der Waals surface area contributed by atoms with Gasteiger partial charge in [-0.05, 0) is 41.5 Å². The molecule has 0 aromatic carbocycles. The second-order valence-electron chi connectivity index (χ2n) is 10.5. The Morgan fingerprint density at radius 2 is 0.583 bits per heavy atom. The van der Waals surface area contributed by atoms with Crippen LogP contribution in [0.4, 0.5) is 26.3 Å². The molecule has 0 spiro atoms. The van der Waals surface area contributed by atoms with E-state index in [-0.39, 0.29) is 39.3 Å². The zero-order valence-electron chi connectivity index (χ0n) is 22.3. The minimum absolute atomic E-state index is 0.135. The van der Waals surface area contributed by atoms with Crippen LogP contribution in [0, 0.1) is 0 Å². The highest BCUT2D eigenvalue weighted by atomic mass is 19.2. The predicted molar refractivity (Wildman–Crippen MR) is 128 cm³/mol. The largest absolute Gasteiger partial charge is 0.382 e. The van der Waals surface area contributed by atoms with Crippen LogP contribution in [-0.4, -0.2) is 143 Å². The normalized spacial score (nSPS) is 27.8. The van der Waals surface area contributed by atoms with Crippen LogP contribution in [0.3, 0.4) is 0 Å². The quantitative estimate of drug-likeness (QED) is 0.332. The molecule has 1 rings (SSSR count). The molecule has 6 atom stereocenters. The van der Waals surface area contributed by atoms with Crippen molar-refractivity contribution in [2.45, 2.75) is 95.4 Å². The second-order valence-corrected chi connectivity index (χ2v) is 10.5. The van der Waals surface area contributed by atoms with E-state index < -0.39 is 73.5 Å². The van der Waals surface area contributed by atoms with Gasteiger partial charge >= 0.3 is 0 Å². The molecule has 1 aliphatic rings. The maximum Gasteiger partial charge on any atom is 0.139 e. The first kappa shape index (κ1) is 33.4. The molecule has 0 aromatic rings. The fourth-order valence-electron chi connectivity index (χ4n) is 4.44. The van der Waals surface area contributed by atoms with Crippen molar-refractivity contribution in [3.8, 4) is 0 Å². The number of hydrogen-bond acceptors (Lipinski definition) is 6. The molecule has 36 heavy (non-hydrogen) atoms. The van der Waals surface area contributed by atoms with Crippen molar-refractivity contribution in [1.82, 2.24) is 14.7 Å². The summed E-state index contributed by atoms with van der Waals surface area (Å²) in [6, 6.07) is 0. The van der Waals surface area contributed by atoms with Crippen LogP contribution in [0.15, 0.2) is 0 Å². The number of alkyl halides is 6. The van der Waals surface area contributed by atoms with Gasteiger partial charge in [-0.25, -0.2) is 26.3 Å². The average molecular weight is 538 g/mol. The first-order chi connectivity index (χ1) is 16.4. The van der Waals surface area contributed by atoms with Crippen molar-refractivity contribution >= 4 is 0 Å². The highest BCUT2D eigenvalue weighted by Gasteiger charge is 2.45. The summed E-state index contributed by atoms with van der Waals surface area (Å²) in [7, 11) is 0. The van der Waals surface area contributed by atoms with Crippen molar-refractivity contribution in [2.24, 2.45) is 0 Å². The monoisotopic (exact) mass is 537 g/mol. The lowest BCUT2D eigenvalue weighted by atomic mass is 9.92. The van der Waals surface area contributed by atoms with Gasteiger partial charge in [-0.3, -0.25) is 14.7 Å². The fraction of sp³-hybridized carbons (Fsp3) is 1.00. The van der Waals surface area contributed by atoms with E-state index in [1.54, 1.807) is 14.7 Å². The summed E-state index contributed by atoms with van der Waals surface area (Å²) in [5.74, 6) is 0. The molecule has 0 radical (unpaired) electrons. The van der Waals surface area contributed by atoms with Crippen LogP contribution in [0.5, 0.6) is 0 Å². The standard InChI is InChI=1S/C24H45F6N3O3/c1-16(25)22(34,17(2)26)13-31-7-9-32(14-23(35,18(3)27)19(4)28)11-12-33(10-8-31)15-24(36,20(5)29)21(6)30/h16-21,34-36H,7-15H2,1-6H3. The van der Waals surface area contributed by atoms with Crippen molar-refractivity contribution in [3.63, 3.8) is 0 Å². The van der Waals surface area contributed by atoms with Gasteiger partial charge < -0.3 is 15.3 Å². The highest BCUT2D eigenvalue weighted by Crippen LogP contribution is 2.26. The summed E-state index contributed by atoms with van der Waals surface area (Å²) < 4.78 is 85.2. The van der Waals surface area contributed by atoms with Crippen molar-refractivity contribution in [2.75, 3.05) is 58.9 Å². The molecular formula is C24H45F6N3O3. The zero-order chi connectivity index (χ0) is 28.1. The van der Waals surface area contributed by atoms with Gasteiger partial charge in [0, 0.05) is 58.9 Å². The summed E-state index contributed by atoms with van der Waals surface area (Å²) in [6.07, 6.45) is -11.5. The van der Waals surface area contributed by atoms with Crippen LogP contribution in [-0.2, 0) is 0 Å². The first-order valence-corrected chi connectivity index (χ1v) is 12.6. The molecule has 6 nitrogen and oxygen atoms in total. The Hall–Kier alpha value is -0.660. The molecule has 6 unspecified atom stereocenters. The summed E-state index contributed by atoms with van der Waals surface area (Å²) in [4.78, 5) is 4.68. The number of nitrogens with zero attached hydrogens (tertiary/aromatic N) is 3. The Bertz CT molecular complexity index is 533. The van der Waals surface area contributed by atoms with Gasteiger partial charge in [-0.1, -0.05) is 0 Å². The van der Waals surface area contributed by atoms with E-state index in [0.717, 1.165) is 41.5 Å². The number of rotatable bonds is 12. The van der Waals surface area contributed by atoms with E-state index in [1.165, 1.54) is 0 Å². The number of halogens is 6. The Kier molecular flexibility index (Phi) is 12.4. The van der Waals surface area contributed by atoms with E-state index in [4.69, 9.17) is 0 Å². The third-order valence-corrected chi connectivity index (χ3v) is 7.76. The Morgan fingerprint density at radius 3 is 0.694 bits per heavy atom. The lowest BCUT2D eigenvalue weighted by Crippen LogP contribution is -2.57. The molecule has 1 heterocycles. The van der Waals surface area contributed by atoms with E-state index in [2.05, 4.69) is 0 Å². The van der Waals surface area contributed by atoms with Gasteiger partial charge in [-0.2, -0.15) is 0 Å². The molecule has 0 saturated carbocycles. The van der Waals surface area contributed by atoms with Gasteiger partial charge in [-0.15, -0.1) is 0 Å². The summed E-state index contributed by atoms with van der Waals surface area (Å²) in [6.45, 7) is 5.85. The molecule has 1 saturated heterocycles. The van der Waals surface area contributed by atoms with E-state index >= 15 is 0 Å². The van der Waals surface area contributed by atoms with Crippen LogP contribution in [0.25, 0.3) is 0 Å². The maximum absolute atomic E-state index is 14.2. The first-order valence-electron chi connectivity index (χ1n) is 12.6. The van der Waals surface area contributed by atoms with Crippen molar-refractivity contribution < 1.29 is 41.7 Å². The topological polar surface area (TPSA) is 70.4 Å². The van der Waals surface area contributed by atoms with Crippen molar-refractivity contribution in [3.05, 3.63) is 0 Å². The number of β-amino-alcohol motifs (C(OH)–C–C–N with tert-alkyl or cyclic N) is 3. The lowest BCUT2D eigenvalue weighted by molar-refractivity contribution is -0.105. The summed E-state index contributed by atoms with van der Waals surface area (Å²) in [5.41, 5.74) is -6.98. The van der Waals surface area contributed by atoms with Gasteiger partial charge in [0.25, 0.3) is 0 Å². The molecule has 0 bridgehead atoms. The molecule has 0 aromatic heterocycles. The smallest absolute Gasteiger partial charge is 0.139 e. The second kappa shape index (κ2) is 13.4. The Labute approximate surface area is 211 Å². The van der Waals surface area contributed by atoms with Gasteiger partial charge in [0.15, 0.2) is 0 Å². The molecule has 1 fully saturated rings. The summed E-state index contributed by atoms with van der Waals surface area (Å²) >= 11 is 0. The molecule has 12 heteroatoms. The fourth-order valence-corrected chi connectivity index (χ4v) is 4.44. The molecule has 216 valence electrons. The molecule has 1 aliphatic heterocycles. The Morgan fingerprint density at radius 1 is 0.444 bits per heavy atom. The zero-order valence-corrected chi connectivity index (χ0v) is 22.3. The van der Waals surface area contributed by atoms with E-state index in [1.807, 2.05) is 0 Å². The van der Waals surface area contributed by atoms with Gasteiger partial charge in [0.1, 0.15) is 53.8 Å². The molecular weight excluding hydrogens is 492 g/mol. The third kappa shape index (κ3) is 8.17. The highest BCUT2D eigenvalue weighted by molar-refractivity contribution is 4.97. The van der Waals surface area contributed by atoms with Crippen molar-refractivity contribution in [1.29, 1.82) is 0 Å². The minimum Gasteiger partial charge on any atom is -0.382 e. The van der Waals surface area contributed by atoms with E-state index in [0.29, 0.717) is 0 Å². The third-order valence-electron chi connectivity index (χ3n) is 7.76. The predicted octanol–water partition coefficient (Wildman–Crippen LogP) is 2.25. The average Bonchev–Trinajstić information content (AvgIpc) is 2.84. The van der Waals surface area contributed by atoms with Gasteiger partial charge in [0.2, 0.25) is 0 Å². The Balaban J connectivity index is 3.26. The maximum atomic E-state index is 14.2. The minimum atomic E-state index is -2.33. The summed E-state index contributed by atoms with van der Waals surface area (Å²) in [5, 5.41) is 31.9. The molecule has 0 amide bonds. The molecule has 3 N–H and O–H groups in total. The SMILES string of the molecule is CC(F)C(O)(CN1CCN(CC(O)(C(C)F)C(C)F)CCN(CC(O)(C(C)F)C(C)F)CC1)C(C)F. The number of hydrogen-bond donors (Lipinski definition) is 3. The van der Waals surface area contributed by atoms with E-state index in [9.17, 15) is 41.7 Å². The molecule has 0 aliphatic carbocycles. The van der Waals surface area contributed by atoms with Crippen LogP contribution < -0.4 is 0 Å². The van der Waals surface area contributed by atoms with Gasteiger partial charge in [0.05, 0.1) is 0 Å². The lowest BCUT2D eigenvalue weighted by Gasteiger charge is -2.38. The number of aliphatic hydroxyl groups is 3. The van der Waals surface area contributed by atoms with Crippen LogP contribution in [0.2, 0.25) is 0 Å². The van der Waals surface area contributed by atoms with Crippen LogP contribution in [0.1, 0.15) is 41.5 Å². The van der Waals surface area contributed by atoms with Crippen LogP contribution >= 0.6 is 0 Å².